The van der Waals surface area contributed by atoms with Crippen molar-refractivity contribution >= 4 is 0 Å². The average molecular weight is 158 g/mol. The van der Waals surface area contributed by atoms with Gasteiger partial charge in [0.2, 0.25) is 0 Å². The molecular formula is C5H6N2O4. The third-order valence-corrected chi connectivity index (χ3v) is 0.786. The molecule has 0 rings (SSSR count). The van der Waals surface area contributed by atoms with Crippen LogP contribution in [0.15, 0.2) is 24.0 Å². The molecule has 11 heavy (non-hydrogen) atoms. The highest BCUT2D eigenvalue weighted by atomic mass is 16.6. The summed E-state index contributed by atoms with van der Waals surface area (Å²) in [4.78, 5) is 18.1. The number of rotatable bonds is 3. The van der Waals surface area contributed by atoms with Crippen molar-refractivity contribution < 1.29 is 9.85 Å². The van der Waals surface area contributed by atoms with E-state index in [1.165, 1.54) is 13.0 Å². The minimum Gasteiger partial charge on any atom is -0.259 e. The molecule has 0 bridgehead atoms. The lowest BCUT2D eigenvalue weighted by molar-refractivity contribution is -0.453. The second-order valence-corrected chi connectivity index (χ2v) is 1.60. The van der Waals surface area contributed by atoms with Gasteiger partial charge in [-0.15, -0.1) is 0 Å². The summed E-state index contributed by atoms with van der Waals surface area (Å²) in [5.41, 5.74) is -0.530. The smallest absolute Gasteiger partial charge is 0.259 e. The summed E-state index contributed by atoms with van der Waals surface area (Å²) >= 11 is 0. The molecule has 0 N–H and O–H groups in total. The number of hydrogen-bond acceptors (Lipinski definition) is 4. The predicted molar refractivity (Wildman–Crippen MR) is 36.9 cm³/mol. The van der Waals surface area contributed by atoms with Gasteiger partial charge in [-0.25, -0.2) is 0 Å². The molecule has 0 fully saturated rings. The molecule has 0 aromatic rings. The van der Waals surface area contributed by atoms with Crippen molar-refractivity contribution in [2.75, 3.05) is 0 Å². The largest absolute Gasteiger partial charge is 0.338 e. The van der Waals surface area contributed by atoms with E-state index in [0.717, 1.165) is 6.08 Å². The predicted octanol–water partition coefficient (Wildman–Crippen LogP) is 0.957. The van der Waals surface area contributed by atoms with E-state index in [-0.39, 0.29) is 0 Å². The SMILES string of the molecule is C/C=C\C(=C/[N+](=O)[O-])[N+](=O)[O-]. The fraction of sp³-hybridized carbons (Fsp3) is 0.200. The van der Waals surface area contributed by atoms with Crippen LogP contribution in [0.3, 0.4) is 0 Å². The summed E-state index contributed by atoms with van der Waals surface area (Å²) in [6.07, 6.45) is 2.76. The quantitative estimate of drug-likeness (QED) is 0.347. The van der Waals surface area contributed by atoms with Gasteiger partial charge in [-0.3, -0.25) is 20.2 Å². The maximum Gasteiger partial charge on any atom is 0.338 e. The lowest BCUT2D eigenvalue weighted by atomic mass is 10.4. The average Bonchev–Trinajstić information content (AvgIpc) is 1.86. The van der Waals surface area contributed by atoms with Crippen molar-refractivity contribution in [3.8, 4) is 0 Å². The first-order valence-corrected chi connectivity index (χ1v) is 2.70. The molecule has 60 valence electrons. The molecule has 0 amide bonds. The lowest BCUT2D eigenvalue weighted by Gasteiger charge is -1.84. The van der Waals surface area contributed by atoms with E-state index in [9.17, 15) is 20.2 Å². The highest BCUT2D eigenvalue weighted by Gasteiger charge is 2.10. The molecular weight excluding hydrogens is 152 g/mol. The molecule has 0 heterocycles. The molecule has 6 nitrogen and oxygen atoms in total. The van der Waals surface area contributed by atoms with Gasteiger partial charge in [0.1, 0.15) is 0 Å². The van der Waals surface area contributed by atoms with E-state index in [1.54, 1.807) is 0 Å². The molecule has 0 spiro atoms. The van der Waals surface area contributed by atoms with Crippen LogP contribution < -0.4 is 0 Å². The second kappa shape index (κ2) is 4.15. The van der Waals surface area contributed by atoms with Gasteiger partial charge in [0.25, 0.3) is 0 Å². The second-order valence-electron chi connectivity index (χ2n) is 1.60. The van der Waals surface area contributed by atoms with Crippen LogP contribution in [0.5, 0.6) is 0 Å². The van der Waals surface area contributed by atoms with E-state index in [2.05, 4.69) is 0 Å². The molecule has 0 atom stereocenters. The van der Waals surface area contributed by atoms with Crippen LogP contribution in [0.4, 0.5) is 0 Å². The number of nitrogens with zero attached hydrogens (tertiary/aromatic N) is 2. The Bertz CT molecular complexity index is 231. The molecule has 0 unspecified atom stereocenters. The summed E-state index contributed by atoms with van der Waals surface area (Å²) < 4.78 is 0. The molecule has 0 aliphatic carbocycles. The van der Waals surface area contributed by atoms with Crippen LogP contribution in [-0.2, 0) is 0 Å². The first kappa shape index (κ1) is 9.28. The van der Waals surface area contributed by atoms with Crippen molar-refractivity contribution in [3.05, 3.63) is 44.3 Å². The highest BCUT2D eigenvalue weighted by molar-refractivity contribution is 5.06. The molecule has 0 aromatic carbocycles. The van der Waals surface area contributed by atoms with Crippen LogP contribution in [0.25, 0.3) is 0 Å². The van der Waals surface area contributed by atoms with Crippen LogP contribution in [0.1, 0.15) is 6.92 Å². The fourth-order valence-corrected chi connectivity index (χ4v) is 0.430. The fourth-order valence-electron chi connectivity index (χ4n) is 0.430. The van der Waals surface area contributed by atoms with Gasteiger partial charge >= 0.3 is 11.9 Å². The summed E-state index contributed by atoms with van der Waals surface area (Å²) in [6, 6.07) is 0. The summed E-state index contributed by atoms with van der Waals surface area (Å²) in [6.45, 7) is 1.54. The third kappa shape index (κ3) is 3.79. The van der Waals surface area contributed by atoms with E-state index in [1.807, 2.05) is 0 Å². The van der Waals surface area contributed by atoms with Crippen LogP contribution in [-0.4, -0.2) is 9.85 Å². The van der Waals surface area contributed by atoms with Crippen molar-refractivity contribution in [1.29, 1.82) is 0 Å². The number of hydrogen-bond donors (Lipinski definition) is 0. The van der Waals surface area contributed by atoms with Gasteiger partial charge in [-0.1, -0.05) is 6.08 Å². The monoisotopic (exact) mass is 158 g/mol. The van der Waals surface area contributed by atoms with Gasteiger partial charge in [-0.2, -0.15) is 0 Å². The van der Waals surface area contributed by atoms with Crippen LogP contribution >= 0.6 is 0 Å². The summed E-state index contributed by atoms with van der Waals surface area (Å²) in [7, 11) is 0. The standard InChI is InChI=1S/C5H6N2O4/c1-2-3-5(7(10)11)4-6(8)9/h2-4H,1H3/b3-2-,5-4+. The zero-order valence-electron chi connectivity index (χ0n) is 5.76. The van der Waals surface area contributed by atoms with Gasteiger partial charge in [0, 0.05) is 6.08 Å². The Labute approximate surface area is 62.1 Å². The van der Waals surface area contributed by atoms with Crippen molar-refractivity contribution in [2.24, 2.45) is 0 Å². The summed E-state index contributed by atoms with van der Waals surface area (Å²) in [5, 5.41) is 19.8. The molecule has 0 aliphatic rings. The number of allylic oxidation sites excluding steroid dienone is 2. The minimum atomic E-state index is -0.863. The molecule has 0 saturated heterocycles. The van der Waals surface area contributed by atoms with Gasteiger partial charge in [0.05, 0.1) is 9.85 Å². The van der Waals surface area contributed by atoms with Gasteiger partial charge in [-0.05, 0) is 6.92 Å². The van der Waals surface area contributed by atoms with Crippen LogP contribution in [0, 0.1) is 20.2 Å². The maximum atomic E-state index is 10.0. The van der Waals surface area contributed by atoms with E-state index in [4.69, 9.17) is 0 Å². The topological polar surface area (TPSA) is 86.3 Å². The van der Waals surface area contributed by atoms with E-state index in [0.29, 0.717) is 6.20 Å². The van der Waals surface area contributed by atoms with Crippen molar-refractivity contribution in [3.63, 3.8) is 0 Å². The van der Waals surface area contributed by atoms with E-state index >= 15 is 0 Å². The molecule has 0 aliphatic heterocycles. The van der Waals surface area contributed by atoms with Crippen LogP contribution in [0.2, 0.25) is 0 Å². The third-order valence-electron chi connectivity index (χ3n) is 0.786. The maximum absolute atomic E-state index is 10.0. The van der Waals surface area contributed by atoms with E-state index < -0.39 is 15.5 Å². The normalized spacial score (nSPS) is 11.9. The molecule has 0 saturated carbocycles. The number of nitro groups is 2. The zero-order valence-corrected chi connectivity index (χ0v) is 5.76. The Morgan fingerprint density at radius 2 is 1.91 bits per heavy atom. The minimum absolute atomic E-state index is 0.347. The summed E-state index contributed by atoms with van der Waals surface area (Å²) in [5.74, 6) is 0. The Kier molecular flexibility index (Phi) is 3.50. The zero-order chi connectivity index (χ0) is 8.85. The first-order valence-electron chi connectivity index (χ1n) is 2.70. The Balaban J connectivity index is 4.59. The molecule has 6 heteroatoms. The van der Waals surface area contributed by atoms with Gasteiger partial charge < -0.3 is 0 Å². The lowest BCUT2D eigenvalue weighted by Crippen LogP contribution is -1.98. The van der Waals surface area contributed by atoms with Gasteiger partial charge in [0.15, 0.2) is 0 Å². The Morgan fingerprint density at radius 3 is 2.18 bits per heavy atom. The first-order chi connectivity index (χ1) is 5.07. The Morgan fingerprint density at radius 1 is 1.36 bits per heavy atom. The van der Waals surface area contributed by atoms with Crippen molar-refractivity contribution in [2.45, 2.75) is 6.92 Å². The molecule has 0 aromatic heterocycles. The Hall–Kier alpha value is -1.72. The van der Waals surface area contributed by atoms with Crippen molar-refractivity contribution in [1.82, 2.24) is 0 Å². The highest BCUT2D eigenvalue weighted by Crippen LogP contribution is 1.97. The molecule has 0 radical (unpaired) electrons.